The van der Waals surface area contributed by atoms with Gasteiger partial charge in [0, 0.05) is 71.3 Å². The van der Waals surface area contributed by atoms with Crippen molar-refractivity contribution in [2.75, 3.05) is 9.80 Å². The van der Waals surface area contributed by atoms with E-state index in [1.165, 1.54) is 38.1 Å². The molecule has 9 aromatic carbocycles. The van der Waals surface area contributed by atoms with Gasteiger partial charge < -0.3 is 19.1 Å². The molecule has 350 valence electrons. The van der Waals surface area contributed by atoms with Crippen molar-refractivity contribution < 1.29 is 25.8 Å². The smallest absolute Gasteiger partial charge is 0.144 e. The molecule has 0 aliphatic carbocycles. The number of fused-ring (bicyclic) bond motifs is 11. The molecule has 12 rings (SSSR count). The summed E-state index contributed by atoms with van der Waals surface area (Å²) in [4.78, 5) is 10.2. The van der Waals surface area contributed by atoms with Gasteiger partial charge in [-0.3, -0.25) is 0 Å². The molecule has 0 saturated carbocycles. The second-order valence-corrected chi connectivity index (χ2v) is 21.8. The Morgan fingerprint density at radius 3 is 1.70 bits per heavy atom. The van der Waals surface area contributed by atoms with Gasteiger partial charge in [0.05, 0.1) is 5.52 Å². The number of aromatic nitrogens is 2. The summed E-state index contributed by atoms with van der Waals surface area (Å²) in [5.41, 5.74) is 10.7. The molecule has 0 radical (unpaired) electrons. The molecular formula is C64H55N4OPt-3. The third-order valence-electron chi connectivity index (χ3n) is 14.1. The first-order chi connectivity index (χ1) is 33.1. The molecule has 5 nitrogen and oxygen atoms in total. The third-order valence-corrected chi connectivity index (χ3v) is 14.1. The van der Waals surface area contributed by atoms with Crippen molar-refractivity contribution in [1.82, 2.24) is 9.55 Å². The molecule has 1 aliphatic heterocycles. The molecule has 2 aromatic heterocycles. The van der Waals surface area contributed by atoms with E-state index in [9.17, 15) is 0 Å². The molecule has 0 amide bonds. The van der Waals surface area contributed by atoms with Gasteiger partial charge in [0.1, 0.15) is 5.82 Å². The molecule has 70 heavy (non-hydrogen) atoms. The first-order valence-electron chi connectivity index (χ1n) is 24.1. The van der Waals surface area contributed by atoms with Crippen LogP contribution in [0.1, 0.15) is 79.0 Å². The average molecular weight is 1090 g/mol. The first-order valence-corrected chi connectivity index (χ1v) is 24.1. The van der Waals surface area contributed by atoms with Crippen LogP contribution < -0.4 is 14.5 Å². The van der Waals surface area contributed by atoms with E-state index in [0.29, 0.717) is 11.5 Å². The molecule has 0 atom stereocenters. The zero-order chi connectivity index (χ0) is 47.6. The number of para-hydroxylation sites is 3. The number of hydrogen-bond donors (Lipinski definition) is 0. The van der Waals surface area contributed by atoms with Gasteiger partial charge in [0.2, 0.25) is 0 Å². The molecule has 11 aromatic rings. The van der Waals surface area contributed by atoms with Crippen molar-refractivity contribution in [3.63, 3.8) is 0 Å². The van der Waals surface area contributed by atoms with E-state index >= 15 is 0 Å². The fraction of sp³-hybridized carbons (Fsp3) is 0.188. The maximum atomic E-state index is 6.98. The quantitative estimate of drug-likeness (QED) is 0.127. The Balaban J connectivity index is 0.00000533. The Morgan fingerprint density at radius 1 is 0.471 bits per heavy atom. The zero-order valence-electron chi connectivity index (χ0n) is 41.2. The largest absolute Gasteiger partial charge is 0.509 e. The van der Waals surface area contributed by atoms with E-state index in [-0.39, 0.29) is 37.3 Å². The van der Waals surface area contributed by atoms with Crippen molar-refractivity contribution in [2.45, 2.75) is 78.6 Å². The van der Waals surface area contributed by atoms with E-state index < -0.39 is 0 Å². The minimum atomic E-state index is -0.179. The molecule has 0 spiro atoms. The standard InChI is InChI=1S/C64H55N4O.Pt/c1-62(2,3)42-32-43(63(4,5)6)34-45(33-42)66-39-67(57-25-17-16-24-56(57)66)46-35-44(64(7,8)9)36-48(37-46)69-47-28-30-52-51-22-14-15-23-55(51)68(58(52)38-47)61-53-29-26-40-18-10-12-20-49(40)59(53)60-50-21-13-11-19-41(50)27-31-54(60)65-61;/h10-36,39H,1-9H3;/q-3;. The summed E-state index contributed by atoms with van der Waals surface area (Å²) in [6.07, 6.45) is 0. The molecule has 0 bridgehead atoms. The number of hydrogen-bond acceptors (Lipinski definition) is 4. The maximum Gasteiger partial charge on any atom is 0.144 e. The molecule has 0 unspecified atom stereocenters. The van der Waals surface area contributed by atoms with Crippen LogP contribution in [-0.4, -0.2) is 9.55 Å². The third kappa shape index (κ3) is 7.62. The van der Waals surface area contributed by atoms with Crippen LogP contribution in [0.25, 0.3) is 70.8 Å². The monoisotopic (exact) mass is 1090 g/mol. The number of anilines is 4. The molecular weight excluding hydrogens is 1040 g/mol. The molecule has 0 N–H and O–H groups in total. The van der Waals surface area contributed by atoms with Crippen LogP contribution in [0.4, 0.5) is 22.7 Å². The van der Waals surface area contributed by atoms with E-state index in [1.807, 2.05) is 6.07 Å². The van der Waals surface area contributed by atoms with Gasteiger partial charge in [0.15, 0.2) is 0 Å². The summed E-state index contributed by atoms with van der Waals surface area (Å²) < 4.78 is 9.27. The SMILES string of the molecule is CC(C)(C)c1cc(Oc2[c-]c3c(cc2)c2ccccc2n3-c2nc3ccc4ccccc4c3c3c2ccc2ccccc23)[c-]c(N2[CH-]N(c3cc(C(C)(C)C)cc(C(C)(C)C)c3)c3ccccc32)c1.[Pt]. The van der Waals surface area contributed by atoms with Gasteiger partial charge in [-0.1, -0.05) is 165 Å². The number of pyridine rings is 1. The average Bonchev–Trinajstić information content (AvgIpc) is 3.88. The van der Waals surface area contributed by atoms with E-state index in [1.54, 1.807) is 0 Å². The van der Waals surface area contributed by atoms with Gasteiger partial charge in [0.25, 0.3) is 0 Å². The zero-order valence-corrected chi connectivity index (χ0v) is 43.5. The number of ether oxygens (including phenoxy) is 1. The first kappa shape index (κ1) is 45.5. The van der Waals surface area contributed by atoms with Gasteiger partial charge >= 0.3 is 0 Å². The fourth-order valence-corrected chi connectivity index (χ4v) is 10.2. The van der Waals surface area contributed by atoms with E-state index in [2.05, 4.69) is 253 Å². The van der Waals surface area contributed by atoms with Crippen molar-refractivity contribution in [3.05, 3.63) is 199 Å². The van der Waals surface area contributed by atoms with Crippen LogP contribution in [0.3, 0.4) is 0 Å². The summed E-state index contributed by atoms with van der Waals surface area (Å²) in [7, 11) is 0. The molecule has 3 heterocycles. The van der Waals surface area contributed by atoms with Crippen LogP contribution in [0, 0.1) is 18.8 Å². The van der Waals surface area contributed by atoms with Crippen LogP contribution in [0.2, 0.25) is 0 Å². The normalized spacial score (nSPS) is 13.3. The van der Waals surface area contributed by atoms with Crippen LogP contribution >= 0.6 is 0 Å². The summed E-state index contributed by atoms with van der Waals surface area (Å²) in [6, 6.07) is 66.6. The number of benzene rings is 9. The minimum absolute atomic E-state index is 0. The molecule has 1 aliphatic rings. The van der Waals surface area contributed by atoms with Crippen LogP contribution in [0.15, 0.2) is 164 Å². The summed E-state index contributed by atoms with van der Waals surface area (Å²) >= 11 is 0. The van der Waals surface area contributed by atoms with Crippen molar-refractivity contribution in [3.8, 4) is 17.3 Å². The fourth-order valence-electron chi connectivity index (χ4n) is 10.2. The Morgan fingerprint density at radius 2 is 1.03 bits per heavy atom. The topological polar surface area (TPSA) is 33.5 Å². The Hall–Kier alpha value is -6.94. The van der Waals surface area contributed by atoms with Crippen LogP contribution in [-0.2, 0) is 37.3 Å². The second kappa shape index (κ2) is 16.6. The van der Waals surface area contributed by atoms with Crippen LogP contribution in [0.5, 0.6) is 11.5 Å². The Bertz CT molecular complexity index is 3850. The van der Waals surface area contributed by atoms with Crippen molar-refractivity contribution in [2.24, 2.45) is 0 Å². The minimum Gasteiger partial charge on any atom is -0.509 e. The van der Waals surface area contributed by atoms with Gasteiger partial charge in [-0.15, -0.1) is 53.6 Å². The van der Waals surface area contributed by atoms with E-state index in [4.69, 9.17) is 9.72 Å². The van der Waals surface area contributed by atoms with Gasteiger partial charge in [-0.25, -0.2) is 4.98 Å². The molecule has 0 saturated heterocycles. The van der Waals surface area contributed by atoms with E-state index in [0.717, 1.165) is 72.2 Å². The van der Waals surface area contributed by atoms with Crippen molar-refractivity contribution >= 4 is 87.8 Å². The summed E-state index contributed by atoms with van der Waals surface area (Å²) in [6.45, 7) is 22.7. The Labute approximate surface area is 425 Å². The summed E-state index contributed by atoms with van der Waals surface area (Å²) in [5, 5.41) is 10.4. The number of rotatable bonds is 5. The van der Waals surface area contributed by atoms with Crippen molar-refractivity contribution in [1.29, 1.82) is 0 Å². The number of nitrogens with zero attached hydrogens (tertiary/aromatic N) is 4. The molecule has 6 heteroatoms. The second-order valence-electron chi connectivity index (χ2n) is 21.8. The molecule has 0 fully saturated rings. The maximum absolute atomic E-state index is 6.98. The Kier molecular flexibility index (Phi) is 10.8. The summed E-state index contributed by atoms with van der Waals surface area (Å²) in [5.74, 6) is 2.08. The predicted octanol–water partition coefficient (Wildman–Crippen LogP) is 17.5. The van der Waals surface area contributed by atoms with Gasteiger partial charge in [-0.05, 0) is 96.8 Å². The van der Waals surface area contributed by atoms with Gasteiger partial charge in [-0.2, -0.15) is 6.07 Å². The predicted molar refractivity (Wildman–Crippen MR) is 290 cm³/mol.